The first-order valence-corrected chi connectivity index (χ1v) is 8.42. The summed E-state index contributed by atoms with van der Waals surface area (Å²) in [6.45, 7) is 4.49. The first-order valence-electron chi connectivity index (χ1n) is 8.04. The lowest BCUT2D eigenvalue weighted by Crippen LogP contribution is -2.07. The van der Waals surface area contributed by atoms with Gasteiger partial charge in [-0.05, 0) is 43.2 Å². The molecule has 0 fully saturated rings. The van der Waals surface area contributed by atoms with Gasteiger partial charge in [0.1, 0.15) is 5.82 Å². The van der Waals surface area contributed by atoms with E-state index in [4.69, 9.17) is 21.3 Å². The zero-order chi connectivity index (χ0) is 16.1. The molecule has 0 unspecified atom stereocenters. The van der Waals surface area contributed by atoms with Gasteiger partial charge >= 0.3 is 0 Å². The van der Waals surface area contributed by atoms with Crippen molar-refractivity contribution in [1.82, 2.24) is 9.55 Å². The predicted molar refractivity (Wildman–Crippen MR) is 95.1 cm³/mol. The van der Waals surface area contributed by atoms with Crippen LogP contribution in [0.2, 0.25) is 5.02 Å². The highest BCUT2D eigenvalue weighted by molar-refractivity contribution is 6.30. The van der Waals surface area contributed by atoms with Crippen LogP contribution in [0.4, 0.5) is 0 Å². The van der Waals surface area contributed by atoms with Crippen LogP contribution in [0.1, 0.15) is 24.7 Å². The number of benzene rings is 2. The van der Waals surface area contributed by atoms with Gasteiger partial charge in [0, 0.05) is 31.2 Å². The van der Waals surface area contributed by atoms with Crippen molar-refractivity contribution in [3.05, 3.63) is 64.9 Å². The summed E-state index contributed by atoms with van der Waals surface area (Å²) in [6.07, 6.45) is 1.79. The molecule has 0 N–H and O–H groups in total. The SMILES string of the molecule is CCOCCCn1c(Cc2ccc(Cl)cc2)nc2ccccc21. The molecule has 1 heterocycles. The lowest BCUT2D eigenvalue weighted by Gasteiger charge is -2.09. The van der Waals surface area contributed by atoms with Crippen LogP contribution >= 0.6 is 11.6 Å². The number of imidazole rings is 1. The van der Waals surface area contributed by atoms with Crippen LogP contribution in [0.3, 0.4) is 0 Å². The molecule has 4 heteroatoms. The second kappa shape index (κ2) is 7.62. The van der Waals surface area contributed by atoms with Gasteiger partial charge in [0.25, 0.3) is 0 Å². The van der Waals surface area contributed by atoms with E-state index in [2.05, 4.69) is 34.9 Å². The summed E-state index contributed by atoms with van der Waals surface area (Å²) < 4.78 is 7.78. The molecule has 0 saturated heterocycles. The van der Waals surface area contributed by atoms with Gasteiger partial charge in [-0.25, -0.2) is 4.98 Å². The van der Waals surface area contributed by atoms with Crippen LogP contribution < -0.4 is 0 Å². The number of aromatic nitrogens is 2. The van der Waals surface area contributed by atoms with Crippen molar-refractivity contribution in [2.24, 2.45) is 0 Å². The summed E-state index contributed by atoms with van der Waals surface area (Å²) >= 11 is 5.97. The first kappa shape index (κ1) is 16.0. The minimum absolute atomic E-state index is 0.763. The summed E-state index contributed by atoms with van der Waals surface area (Å²) in [5, 5.41) is 0.763. The van der Waals surface area contributed by atoms with E-state index in [-0.39, 0.29) is 0 Å². The summed E-state index contributed by atoms with van der Waals surface area (Å²) in [5.74, 6) is 1.09. The minimum atomic E-state index is 0.763. The summed E-state index contributed by atoms with van der Waals surface area (Å²) in [5.41, 5.74) is 3.46. The van der Waals surface area contributed by atoms with Crippen LogP contribution in [0.5, 0.6) is 0 Å². The quantitative estimate of drug-likeness (QED) is 0.587. The lowest BCUT2D eigenvalue weighted by atomic mass is 10.1. The highest BCUT2D eigenvalue weighted by Gasteiger charge is 2.10. The van der Waals surface area contributed by atoms with Crippen molar-refractivity contribution in [1.29, 1.82) is 0 Å². The van der Waals surface area contributed by atoms with Crippen LogP contribution in [-0.4, -0.2) is 22.8 Å². The van der Waals surface area contributed by atoms with E-state index < -0.39 is 0 Å². The molecule has 3 rings (SSSR count). The smallest absolute Gasteiger partial charge is 0.114 e. The van der Waals surface area contributed by atoms with Gasteiger partial charge in [0.15, 0.2) is 0 Å². The maximum Gasteiger partial charge on any atom is 0.114 e. The third-order valence-corrected chi connectivity index (χ3v) is 4.14. The van der Waals surface area contributed by atoms with Gasteiger partial charge in [0.05, 0.1) is 11.0 Å². The number of rotatable bonds is 7. The van der Waals surface area contributed by atoms with Crippen LogP contribution in [-0.2, 0) is 17.7 Å². The molecule has 23 heavy (non-hydrogen) atoms. The van der Waals surface area contributed by atoms with Crippen molar-refractivity contribution in [2.45, 2.75) is 26.3 Å². The fourth-order valence-corrected chi connectivity index (χ4v) is 2.89. The number of halogens is 1. The first-order chi connectivity index (χ1) is 11.3. The van der Waals surface area contributed by atoms with Gasteiger partial charge in [-0.15, -0.1) is 0 Å². The number of para-hydroxylation sites is 2. The molecule has 120 valence electrons. The van der Waals surface area contributed by atoms with E-state index in [1.54, 1.807) is 0 Å². The maximum absolute atomic E-state index is 5.97. The van der Waals surface area contributed by atoms with Gasteiger partial charge in [-0.3, -0.25) is 0 Å². The monoisotopic (exact) mass is 328 g/mol. The van der Waals surface area contributed by atoms with Crippen LogP contribution in [0.25, 0.3) is 11.0 Å². The zero-order valence-corrected chi connectivity index (χ0v) is 14.1. The van der Waals surface area contributed by atoms with E-state index in [9.17, 15) is 0 Å². The Hall–Kier alpha value is -1.84. The fraction of sp³-hybridized carbons (Fsp3) is 0.316. The third-order valence-electron chi connectivity index (χ3n) is 3.88. The fourth-order valence-electron chi connectivity index (χ4n) is 2.76. The summed E-state index contributed by atoms with van der Waals surface area (Å²) in [4.78, 5) is 4.82. The topological polar surface area (TPSA) is 27.1 Å². The highest BCUT2D eigenvalue weighted by atomic mass is 35.5. The summed E-state index contributed by atoms with van der Waals surface area (Å²) in [6, 6.07) is 16.3. The number of aryl methyl sites for hydroxylation is 1. The Balaban J connectivity index is 1.86. The van der Waals surface area contributed by atoms with Crippen LogP contribution in [0.15, 0.2) is 48.5 Å². The molecular formula is C19H21ClN2O. The molecule has 3 aromatic rings. The highest BCUT2D eigenvalue weighted by Crippen LogP contribution is 2.20. The molecular weight excluding hydrogens is 308 g/mol. The Morgan fingerprint density at radius 1 is 1.09 bits per heavy atom. The van der Waals surface area contributed by atoms with Crippen molar-refractivity contribution < 1.29 is 4.74 Å². The molecule has 3 nitrogen and oxygen atoms in total. The Labute approximate surface area is 141 Å². The Kier molecular flexibility index (Phi) is 5.31. The van der Waals surface area contributed by atoms with E-state index in [1.165, 1.54) is 11.1 Å². The van der Waals surface area contributed by atoms with Crippen molar-refractivity contribution in [3.63, 3.8) is 0 Å². The normalized spacial score (nSPS) is 11.2. The third kappa shape index (κ3) is 3.92. The van der Waals surface area contributed by atoms with Crippen molar-refractivity contribution >= 4 is 22.6 Å². The second-order valence-corrected chi connectivity index (χ2v) is 5.96. The average molecular weight is 329 g/mol. The van der Waals surface area contributed by atoms with E-state index in [0.29, 0.717) is 0 Å². The molecule has 0 aliphatic carbocycles. The molecule has 2 aromatic carbocycles. The van der Waals surface area contributed by atoms with Gasteiger partial charge in [-0.1, -0.05) is 35.9 Å². The Morgan fingerprint density at radius 3 is 2.65 bits per heavy atom. The molecule has 0 saturated carbocycles. The second-order valence-electron chi connectivity index (χ2n) is 5.52. The molecule has 0 radical (unpaired) electrons. The number of nitrogens with zero attached hydrogens (tertiary/aromatic N) is 2. The van der Waals surface area contributed by atoms with Crippen molar-refractivity contribution in [2.75, 3.05) is 13.2 Å². The van der Waals surface area contributed by atoms with Crippen LogP contribution in [0, 0.1) is 0 Å². The predicted octanol–water partition coefficient (Wildman–Crippen LogP) is 4.71. The average Bonchev–Trinajstić information content (AvgIpc) is 2.91. The minimum Gasteiger partial charge on any atom is -0.382 e. The zero-order valence-electron chi connectivity index (χ0n) is 13.3. The molecule has 0 bridgehead atoms. The lowest BCUT2D eigenvalue weighted by molar-refractivity contribution is 0.141. The molecule has 0 atom stereocenters. The number of hydrogen-bond acceptors (Lipinski definition) is 2. The Bertz CT molecular complexity index is 765. The van der Waals surface area contributed by atoms with Gasteiger partial charge < -0.3 is 9.30 Å². The van der Waals surface area contributed by atoms with E-state index >= 15 is 0 Å². The Morgan fingerprint density at radius 2 is 1.87 bits per heavy atom. The molecule has 0 spiro atoms. The summed E-state index contributed by atoms with van der Waals surface area (Å²) in [7, 11) is 0. The molecule has 1 aromatic heterocycles. The van der Waals surface area contributed by atoms with Crippen molar-refractivity contribution in [3.8, 4) is 0 Å². The number of fused-ring (bicyclic) bond motifs is 1. The largest absolute Gasteiger partial charge is 0.382 e. The number of hydrogen-bond donors (Lipinski definition) is 0. The maximum atomic E-state index is 5.97. The van der Waals surface area contributed by atoms with Gasteiger partial charge in [0.2, 0.25) is 0 Å². The molecule has 0 aliphatic heterocycles. The standard InChI is InChI=1S/C19H21ClN2O/c1-2-23-13-5-12-22-18-7-4-3-6-17(18)21-19(22)14-15-8-10-16(20)11-9-15/h3-4,6-11H,2,5,12-14H2,1H3. The molecule has 0 aliphatic rings. The van der Waals surface area contributed by atoms with Gasteiger partial charge in [-0.2, -0.15) is 0 Å². The molecule has 0 amide bonds. The van der Waals surface area contributed by atoms with E-state index in [1.807, 2.05) is 25.1 Å². The number of ether oxygens (including phenoxy) is 1. The van der Waals surface area contributed by atoms with E-state index in [0.717, 1.165) is 49.0 Å².